The molecule has 7 heavy (non-hydrogen) atoms. The van der Waals surface area contributed by atoms with Crippen LogP contribution in [0.2, 0.25) is 0 Å². The second kappa shape index (κ2) is 2.55. The van der Waals surface area contributed by atoms with E-state index in [4.69, 9.17) is 5.11 Å². The van der Waals surface area contributed by atoms with E-state index < -0.39 is 0 Å². The first-order chi connectivity index (χ1) is 3.43. The highest BCUT2D eigenvalue weighted by molar-refractivity contribution is 8.06. The van der Waals surface area contributed by atoms with Crippen LogP contribution in [0.3, 0.4) is 0 Å². The van der Waals surface area contributed by atoms with Gasteiger partial charge in [-0.2, -0.15) is 0 Å². The fourth-order valence-corrected chi connectivity index (χ4v) is 0.841. The molecular weight excluding hydrogens is 110 g/mol. The van der Waals surface area contributed by atoms with Crippen molar-refractivity contribution >= 4 is 11.8 Å². The van der Waals surface area contributed by atoms with Crippen LogP contribution in [0, 0.1) is 0 Å². The first kappa shape index (κ1) is 5.41. The van der Waals surface area contributed by atoms with E-state index in [1.54, 1.807) is 0 Å². The van der Waals surface area contributed by atoms with E-state index in [9.17, 15) is 0 Å². The number of aliphatic hydroxyl groups is 1. The van der Waals surface area contributed by atoms with Crippen molar-refractivity contribution in [1.82, 2.24) is 5.32 Å². The van der Waals surface area contributed by atoms with Crippen molar-refractivity contribution in [3.8, 4) is 0 Å². The summed E-state index contributed by atoms with van der Waals surface area (Å²) in [7, 11) is 0. The van der Waals surface area contributed by atoms with Crippen LogP contribution in [0.5, 0.6) is 0 Å². The largest absolute Gasteiger partial charge is 0.395 e. The van der Waals surface area contributed by atoms with Crippen LogP contribution >= 0.6 is 11.8 Å². The molecule has 1 aliphatic heterocycles. The average Bonchev–Trinajstić information content (AvgIpc) is 2.42. The van der Waals surface area contributed by atoms with Crippen LogP contribution in [0.25, 0.3) is 0 Å². The quantitative estimate of drug-likeness (QED) is 0.498. The number of thioether (sulfide) groups is 1. The zero-order chi connectivity index (χ0) is 5.11. The van der Waals surface area contributed by atoms with Gasteiger partial charge in [0.2, 0.25) is 0 Å². The Hall–Kier alpha value is 0.270. The van der Waals surface area contributed by atoms with E-state index in [1.807, 2.05) is 11.8 Å². The summed E-state index contributed by atoms with van der Waals surface area (Å²) in [5.74, 6) is 1.22. The third kappa shape index (κ3) is 2.16. The van der Waals surface area contributed by atoms with E-state index in [0.29, 0.717) is 5.37 Å². The standard InChI is InChI=1S/C4H9NOS/c6-2-1-5-4-3-7-4/h4-6H,1-3H2. The SMILES string of the molecule is OCCNC1CS1. The molecule has 3 heteroatoms. The molecule has 0 saturated carbocycles. The molecule has 2 nitrogen and oxygen atoms in total. The molecular formula is C4H9NOS. The van der Waals surface area contributed by atoms with Gasteiger partial charge in [0.15, 0.2) is 0 Å². The number of hydrogen-bond acceptors (Lipinski definition) is 3. The average molecular weight is 119 g/mol. The summed E-state index contributed by atoms with van der Waals surface area (Å²) in [6.07, 6.45) is 0. The Morgan fingerprint density at radius 1 is 1.86 bits per heavy atom. The second-order valence-corrected chi connectivity index (χ2v) is 2.74. The molecule has 0 radical (unpaired) electrons. The zero-order valence-electron chi connectivity index (χ0n) is 4.05. The monoisotopic (exact) mass is 119 g/mol. The Morgan fingerprint density at radius 2 is 2.57 bits per heavy atom. The Morgan fingerprint density at radius 3 is 3.00 bits per heavy atom. The summed E-state index contributed by atoms with van der Waals surface area (Å²) >= 11 is 1.89. The maximum Gasteiger partial charge on any atom is 0.0626 e. The minimum absolute atomic E-state index is 0.261. The number of hydrogen-bond donors (Lipinski definition) is 2. The maximum atomic E-state index is 8.27. The summed E-state index contributed by atoms with van der Waals surface area (Å²) in [6, 6.07) is 0. The van der Waals surface area contributed by atoms with E-state index in [-0.39, 0.29) is 6.61 Å². The molecule has 0 spiro atoms. The first-order valence-corrected chi connectivity index (χ1v) is 3.44. The Balaban J connectivity index is 1.80. The molecule has 2 N–H and O–H groups in total. The smallest absolute Gasteiger partial charge is 0.0626 e. The van der Waals surface area contributed by atoms with Gasteiger partial charge in [-0.25, -0.2) is 0 Å². The highest BCUT2D eigenvalue weighted by atomic mass is 32.2. The lowest BCUT2D eigenvalue weighted by atomic mass is 10.6. The molecule has 0 amide bonds. The molecule has 1 saturated heterocycles. The molecule has 0 aliphatic carbocycles. The van der Waals surface area contributed by atoms with E-state index >= 15 is 0 Å². The number of rotatable bonds is 3. The van der Waals surface area contributed by atoms with Gasteiger partial charge in [-0.3, -0.25) is 0 Å². The van der Waals surface area contributed by atoms with Crippen LogP contribution in [0.4, 0.5) is 0 Å². The van der Waals surface area contributed by atoms with Gasteiger partial charge in [0.25, 0.3) is 0 Å². The second-order valence-electron chi connectivity index (χ2n) is 1.50. The van der Waals surface area contributed by atoms with Gasteiger partial charge in [0.1, 0.15) is 0 Å². The lowest BCUT2D eigenvalue weighted by Gasteiger charge is -1.92. The molecule has 0 aromatic rings. The number of nitrogens with one attached hydrogen (secondary N) is 1. The Labute approximate surface area is 47.3 Å². The predicted octanol–water partition coefficient (Wildman–Crippen LogP) is -0.359. The summed E-state index contributed by atoms with van der Waals surface area (Å²) in [5.41, 5.74) is 0. The molecule has 1 rings (SSSR count). The van der Waals surface area contributed by atoms with E-state index in [1.165, 1.54) is 5.75 Å². The third-order valence-electron chi connectivity index (χ3n) is 0.817. The number of aliphatic hydroxyl groups excluding tert-OH is 1. The summed E-state index contributed by atoms with van der Waals surface area (Å²) in [5, 5.41) is 12.0. The first-order valence-electron chi connectivity index (χ1n) is 2.39. The molecule has 1 unspecified atom stereocenters. The summed E-state index contributed by atoms with van der Waals surface area (Å²) < 4.78 is 0. The fourth-order valence-electron chi connectivity index (χ4n) is 0.392. The normalized spacial score (nSPS) is 27.9. The highest BCUT2D eigenvalue weighted by Crippen LogP contribution is 2.26. The van der Waals surface area contributed by atoms with E-state index in [2.05, 4.69) is 5.32 Å². The highest BCUT2D eigenvalue weighted by Gasteiger charge is 2.20. The van der Waals surface area contributed by atoms with E-state index in [0.717, 1.165) is 6.54 Å². The van der Waals surface area contributed by atoms with Gasteiger partial charge in [-0.1, -0.05) is 0 Å². The summed E-state index contributed by atoms with van der Waals surface area (Å²) in [6.45, 7) is 1.01. The Bertz CT molecular complexity index is 55.7. The van der Waals surface area contributed by atoms with Crippen molar-refractivity contribution in [2.75, 3.05) is 18.9 Å². The van der Waals surface area contributed by atoms with Crippen LogP contribution in [-0.2, 0) is 0 Å². The van der Waals surface area contributed by atoms with Gasteiger partial charge >= 0.3 is 0 Å². The van der Waals surface area contributed by atoms with Gasteiger partial charge < -0.3 is 10.4 Å². The fraction of sp³-hybridized carbons (Fsp3) is 1.00. The summed E-state index contributed by atoms with van der Waals surface area (Å²) in [4.78, 5) is 0. The van der Waals surface area contributed by atoms with Gasteiger partial charge in [-0.15, -0.1) is 11.8 Å². The molecule has 1 fully saturated rings. The zero-order valence-corrected chi connectivity index (χ0v) is 4.87. The maximum absolute atomic E-state index is 8.27. The molecule has 1 aliphatic rings. The van der Waals surface area contributed by atoms with Crippen LogP contribution in [0.15, 0.2) is 0 Å². The van der Waals surface area contributed by atoms with Crippen molar-refractivity contribution in [3.05, 3.63) is 0 Å². The Kier molecular flexibility index (Phi) is 1.97. The topological polar surface area (TPSA) is 32.3 Å². The molecule has 0 bridgehead atoms. The van der Waals surface area contributed by atoms with Crippen LogP contribution in [-0.4, -0.2) is 29.4 Å². The van der Waals surface area contributed by atoms with Crippen molar-refractivity contribution in [1.29, 1.82) is 0 Å². The molecule has 42 valence electrons. The van der Waals surface area contributed by atoms with Crippen LogP contribution < -0.4 is 5.32 Å². The lowest BCUT2D eigenvalue weighted by Crippen LogP contribution is -2.19. The van der Waals surface area contributed by atoms with Gasteiger partial charge in [0, 0.05) is 12.3 Å². The van der Waals surface area contributed by atoms with Crippen molar-refractivity contribution in [2.24, 2.45) is 0 Å². The predicted molar refractivity (Wildman–Crippen MR) is 31.3 cm³/mol. The van der Waals surface area contributed by atoms with Crippen molar-refractivity contribution in [2.45, 2.75) is 5.37 Å². The minimum Gasteiger partial charge on any atom is -0.395 e. The lowest BCUT2D eigenvalue weighted by molar-refractivity contribution is 0.293. The minimum atomic E-state index is 0.261. The van der Waals surface area contributed by atoms with Gasteiger partial charge in [0.05, 0.1) is 12.0 Å². The third-order valence-corrected chi connectivity index (χ3v) is 1.65. The van der Waals surface area contributed by atoms with Gasteiger partial charge in [-0.05, 0) is 0 Å². The van der Waals surface area contributed by atoms with Crippen molar-refractivity contribution < 1.29 is 5.11 Å². The van der Waals surface area contributed by atoms with Crippen LogP contribution in [0.1, 0.15) is 0 Å². The molecule has 0 aromatic heterocycles. The molecule has 1 atom stereocenters. The molecule has 1 heterocycles. The molecule has 0 aromatic carbocycles. The van der Waals surface area contributed by atoms with Crippen molar-refractivity contribution in [3.63, 3.8) is 0 Å².